The fourth-order valence-corrected chi connectivity index (χ4v) is 4.65. The van der Waals surface area contributed by atoms with Crippen LogP contribution in [-0.2, 0) is 9.53 Å². The molecule has 2 unspecified atom stereocenters. The molecule has 1 saturated heterocycles. The SMILES string of the molecule is C=C(C)/C(=C(/C)N)c1ccc(NC(=O)/C=C2\C3CC(F)[C@@](C)(F)C=C3OCC23CC3)cn1. The van der Waals surface area contributed by atoms with Crippen LogP contribution in [0.4, 0.5) is 14.5 Å². The van der Waals surface area contributed by atoms with Crippen LogP contribution in [0, 0.1) is 11.3 Å². The van der Waals surface area contributed by atoms with E-state index in [4.69, 9.17) is 10.5 Å². The number of hydrogen-bond acceptors (Lipinski definition) is 4. The molecular formula is C25H29F2N3O2. The van der Waals surface area contributed by atoms with Gasteiger partial charge in [-0.15, -0.1) is 0 Å². The molecule has 1 aromatic heterocycles. The van der Waals surface area contributed by atoms with Crippen molar-refractivity contribution in [2.24, 2.45) is 17.1 Å². The van der Waals surface area contributed by atoms with Crippen molar-refractivity contribution in [2.75, 3.05) is 11.9 Å². The van der Waals surface area contributed by atoms with Crippen molar-refractivity contribution in [2.45, 2.75) is 51.9 Å². The van der Waals surface area contributed by atoms with Gasteiger partial charge in [-0.25, -0.2) is 8.78 Å². The van der Waals surface area contributed by atoms with E-state index in [0.29, 0.717) is 29.4 Å². The molecule has 1 amide bonds. The molecule has 0 aromatic carbocycles. The standard InChI is InChI=1S/C25H29F2N3O2/c1-14(2)23(15(3)28)19-6-5-16(12-29-19)30-22(31)10-18-17-9-21(26)24(4,27)11-20(17)32-13-25(18)7-8-25/h5-6,10-12,17,21H,1,7-9,13,28H2,2-4H3,(H,30,31)/b18-10+,23-15+/t17?,21?,24-/m0/s1. The molecule has 0 bridgehead atoms. The summed E-state index contributed by atoms with van der Waals surface area (Å²) in [5.41, 5.74) is 7.88. The normalized spacial score (nSPS) is 30.0. The Kier molecular flexibility index (Phi) is 5.47. The lowest BCUT2D eigenvalue weighted by Crippen LogP contribution is -2.41. The highest BCUT2D eigenvalue weighted by atomic mass is 19.2. The van der Waals surface area contributed by atoms with E-state index in [1.807, 2.05) is 6.92 Å². The molecule has 5 nitrogen and oxygen atoms in total. The summed E-state index contributed by atoms with van der Waals surface area (Å²) in [6.07, 6.45) is 4.44. The molecule has 2 heterocycles. The molecule has 3 aliphatic rings. The summed E-state index contributed by atoms with van der Waals surface area (Å²) in [5, 5.41) is 2.83. The Bertz CT molecular complexity index is 1050. The third-order valence-corrected chi connectivity index (χ3v) is 6.57. The molecule has 1 spiro atoms. The number of hydrogen-bond donors (Lipinski definition) is 2. The molecular weight excluding hydrogens is 412 g/mol. The van der Waals surface area contributed by atoms with Gasteiger partial charge in [0.1, 0.15) is 11.9 Å². The maximum absolute atomic E-state index is 14.5. The molecule has 2 fully saturated rings. The summed E-state index contributed by atoms with van der Waals surface area (Å²) in [7, 11) is 0. The number of allylic oxidation sites excluding steroid dienone is 5. The Morgan fingerprint density at radius 1 is 1.38 bits per heavy atom. The quantitative estimate of drug-likeness (QED) is 0.510. The minimum atomic E-state index is -2.06. The van der Waals surface area contributed by atoms with Crippen molar-refractivity contribution in [3.8, 4) is 0 Å². The lowest BCUT2D eigenvalue weighted by atomic mass is 9.73. The first kappa shape index (κ1) is 22.2. The summed E-state index contributed by atoms with van der Waals surface area (Å²) < 4.78 is 34.7. The molecule has 1 saturated carbocycles. The van der Waals surface area contributed by atoms with E-state index in [9.17, 15) is 13.6 Å². The summed E-state index contributed by atoms with van der Waals surface area (Å²) in [6, 6.07) is 3.53. The number of halogens is 2. The molecule has 32 heavy (non-hydrogen) atoms. The molecule has 1 aromatic rings. The van der Waals surface area contributed by atoms with Crippen molar-refractivity contribution >= 4 is 17.2 Å². The van der Waals surface area contributed by atoms with Gasteiger partial charge < -0.3 is 15.8 Å². The second-order valence-electron chi connectivity index (χ2n) is 9.38. The van der Waals surface area contributed by atoms with Gasteiger partial charge in [-0.1, -0.05) is 6.58 Å². The number of fused-ring (bicyclic) bond motifs is 1. The number of aromatic nitrogens is 1. The minimum absolute atomic E-state index is 0.0234. The van der Waals surface area contributed by atoms with Crippen LogP contribution in [0.5, 0.6) is 0 Å². The minimum Gasteiger partial charge on any atom is -0.497 e. The average Bonchev–Trinajstić information content (AvgIpc) is 3.47. The van der Waals surface area contributed by atoms with Gasteiger partial charge in [0.2, 0.25) is 5.91 Å². The molecule has 170 valence electrons. The number of carbonyl (C=O) groups excluding carboxylic acids is 1. The number of nitrogens with two attached hydrogens (primary N) is 1. The number of carbonyl (C=O) groups is 1. The van der Waals surface area contributed by atoms with Crippen molar-refractivity contribution in [1.82, 2.24) is 4.98 Å². The fourth-order valence-electron chi connectivity index (χ4n) is 4.65. The number of nitrogens with one attached hydrogen (secondary N) is 1. The Balaban J connectivity index is 1.55. The van der Waals surface area contributed by atoms with Gasteiger partial charge in [0.25, 0.3) is 0 Å². The number of amides is 1. The van der Waals surface area contributed by atoms with E-state index < -0.39 is 17.8 Å². The van der Waals surface area contributed by atoms with Crippen LogP contribution in [0.2, 0.25) is 0 Å². The van der Waals surface area contributed by atoms with Gasteiger partial charge in [-0.2, -0.15) is 0 Å². The zero-order valence-corrected chi connectivity index (χ0v) is 18.7. The van der Waals surface area contributed by atoms with Crippen molar-refractivity contribution in [3.63, 3.8) is 0 Å². The lowest BCUT2D eigenvalue weighted by molar-refractivity contribution is -0.112. The van der Waals surface area contributed by atoms with Crippen LogP contribution >= 0.6 is 0 Å². The predicted molar refractivity (Wildman–Crippen MR) is 121 cm³/mol. The number of ether oxygens (including phenoxy) is 1. The highest BCUT2D eigenvalue weighted by Gasteiger charge is 2.56. The van der Waals surface area contributed by atoms with E-state index in [1.54, 1.807) is 31.3 Å². The number of alkyl halides is 2. The summed E-state index contributed by atoms with van der Waals surface area (Å²) in [5.74, 6) is -0.299. The van der Waals surface area contributed by atoms with E-state index >= 15 is 0 Å². The van der Waals surface area contributed by atoms with Crippen molar-refractivity contribution < 1.29 is 18.3 Å². The van der Waals surface area contributed by atoms with Crippen LogP contribution in [0.1, 0.15) is 45.7 Å². The van der Waals surface area contributed by atoms with Gasteiger partial charge in [-0.3, -0.25) is 9.78 Å². The van der Waals surface area contributed by atoms with Crippen LogP contribution < -0.4 is 11.1 Å². The maximum atomic E-state index is 14.5. The van der Waals surface area contributed by atoms with Gasteiger partial charge >= 0.3 is 0 Å². The summed E-state index contributed by atoms with van der Waals surface area (Å²) in [4.78, 5) is 17.2. The van der Waals surface area contributed by atoms with Crippen LogP contribution in [0.15, 0.2) is 59.7 Å². The van der Waals surface area contributed by atoms with E-state index in [1.165, 1.54) is 13.0 Å². The number of pyridine rings is 1. The van der Waals surface area contributed by atoms with E-state index in [0.717, 1.165) is 29.6 Å². The largest absolute Gasteiger partial charge is 0.497 e. The highest BCUT2D eigenvalue weighted by molar-refractivity contribution is 6.00. The Morgan fingerprint density at radius 2 is 2.09 bits per heavy atom. The zero-order valence-electron chi connectivity index (χ0n) is 18.7. The zero-order chi connectivity index (χ0) is 23.3. The van der Waals surface area contributed by atoms with Gasteiger partial charge in [0, 0.05) is 28.7 Å². The van der Waals surface area contributed by atoms with Crippen LogP contribution in [-0.4, -0.2) is 29.3 Å². The molecule has 3 N–H and O–H groups in total. The smallest absolute Gasteiger partial charge is 0.248 e. The van der Waals surface area contributed by atoms with Gasteiger partial charge in [-0.05, 0) is 69.4 Å². The molecule has 4 rings (SSSR count). The predicted octanol–water partition coefficient (Wildman–Crippen LogP) is 4.99. The second kappa shape index (κ2) is 7.87. The van der Waals surface area contributed by atoms with Gasteiger partial charge in [0.15, 0.2) is 5.67 Å². The van der Waals surface area contributed by atoms with Gasteiger partial charge in [0.05, 0.1) is 24.2 Å². The maximum Gasteiger partial charge on any atom is 0.248 e. The monoisotopic (exact) mass is 441 g/mol. The van der Waals surface area contributed by atoms with Crippen LogP contribution in [0.25, 0.3) is 5.57 Å². The first-order valence-corrected chi connectivity index (χ1v) is 10.8. The lowest BCUT2D eigenvalue weighted by Gasteiger charge is -2.41. The third kappa shape index (κ3) is 4.08. The first-order chi connectivity index (χ1) is 15.0. The summed E-state index contributed by atoms with van der Waals surface area (Å²) in [6.45, 7) is 9.20. The number of rotatable bonds is 4. The molecule has 2 aliphatic carbocycles. The third-order valence-electron chi connectivity index (χ3n) is 6.57. The Morgan fingerprint density at radius 3 is 2.66 bits per heavy atom. The Hall–Kier alpha value is -2.96. The Labute approximate surface area is 187 Å². The topological polar surface area (TPSA) is 77.2 Å². The van der Waals surface area contributed by atoms with E-state index in [-0.39, 0.29) is 17.7 Å². The number of anilines is 1. The summed E-state index contributed by atoms with van der Waals surface area (Å²) >= 11 is 0. The molecule has 3 atom stereocenters. The highest BCUT2D eigenvalue weighted by Crippen LogP contribution is 2.60. The average molecular weight is 442 g/mol. The van der Waals surface area contributed by atoms with Crippen molar-refractivity contribution in [1.29, 1.82) is 0 Å². The molecule has 1 aliphatic heterocycles. The molecule has 7 heteroatoms. The van der Waals surface area contributed by atoms with Crippen LogP contribution in [0.3, 0.4) is 0 Å². The molecule has 0 radical (unpaired) electrons. The first-order valence-electron chi connectivity index (χ1n) is 10.8. The van der Waals surface area contributed by atoms with E-state index in [2.05, 4.69) is 16.9 Å². The van der Waals surface area contributed by atoms with Crippen molar-refractivity contribution in [3.05, 3.63) is 65.4 Å². The fraction of sp³-hybridized carbons (Fsp3) is 0.440. The number of nitrogens with zero attached hydrogens (tertiary/aromatic N) is 1. The second-order valence-corrected chi connectivity index (χ2v) is 9.38.